The molecule has 118 valence electrons. The Kier molecular flexibility index (Phi) is 5.24. The molecule has 1 aromatic rings. The lowest BCUT2D eigenvalue weighted by Crippen LogP contribution is -2.38. The van der Waals surface area contributed by atoms with Gasteiger partial charge in [-0.1, -0.05) is 6.92 Å². The van der Waals surface area contributed by atoms with Crippen LogP contribution in [-0.2, 0) is 10.0 Å². The van der Waals surface area contributed by atoms with E-state index in [1.54, 1.807) is 20.8 Å². The van der Waals surface area contributed by atoms with Crippen LogP contribution < -0.4 is 5.73 Å². The molecule has 0 saturated heterocycles. The van der Waals surface area contributed by atoms with E-state index in [1.165, 1.54) is 0 Å². The lowest BCUT2D eigenvalue weighted by Gasteiger charge is -2.26. The van der Waals surface area contributed by atoms with Crippen LogP contribution in [0, 0.1) is 15.9 Å². The second kappa shape index (κ2) is 6.35. The Bertz CT molecular complexity index is 623. The van der Waals surface area contributed by atoms with Gasteiger partial charge in [-0.05, 0) is 20.3 Å². The van der Waals surface area contributed by atoms with Crippen molar-refractivity contribution in [3.63, 3.8) is 0 Å². The van der Waals surface area contributed by atoms with Crippen molar-refractivity contribution in [2.24, 2.45) is 0 Å². The molecular formula is C12H18FN3O4S. The highest BCUT2D eigenvalue weighted by Gasteiger charge is 2.32. The third-order valence-corrected chi connectivity index (χ3v) is 5.02. The lowest BCUT2D eigenvalue weighted by atomic mass is 10.3. The van der Waals surface area contributed by atoms with Gasteiger partial charge in [-0.3, -0.25) is 10.1 Å². The first-order valence-electron chi connectivity index (χ1n) is 6.38. The third kappa shape index (κ3) is 3.48. The van der Waals surface area contributed by atoms with Crippen LogP contribution >= 0.6 is 0 Å². The van der Waals surface area contributed by atoms with Crippen LogP contribution in [0.3, 0.4) is 0 Å². The summed E-state index contributed by atoms with van der Waals surface area (Å²) >= 11 is 0. The summed E-state index contributed by atoms with van der Waals surface area (Å²) in [6.45, 7) is 5.32. The number of rotatable bonds is 6. The molecule has 0 spiro atoms. The normalized spacial score (nSPS) is 12.1. The quantitative estimate of drug-likeness (QED) is 0.491. The van der Waals surface area contributed by atoms with Crippen LogP contribution in [0.2, 0.25) is 0 Å². The standard InChI is InChI=1S/C12H18FN3O4S/c1-4-5-15(8(2)3)21(19,20)12-10(13)6-9(16(17)18)7-11(12)14/h6-8H,4-5,14H2,1-3H3. The summed E-state index contributed by atoms with van der Waals surface area (Å²) < 4.78 is 40.2. The SMILES string of the molecule is CCCN(C(C)C)S(=O)(=O)c1c(N)cc([N+](=O)[O-])cc1F. The maximum Gasteiger partial charge on any atom is 0.274 e. The smallest absolute Gasteiger partial charge is 0.274 e. The predicted octanol–water partition coefficient (Wildman–Crippen LogP) is 2.13. The molecular weight excluding hydrogens is 301 g/mol. The van der Waals surface area contributed by atoms with Crippen molar-refractivity contribution >= 4 is 21.4 Å². The van der Waals surface area contributed by atoms with Gasteiger partial charge in [0.05, 0.1) is 16.7 Å². The van der Waals surface area contributed by atoms with Crippen LogP contribution in [0.15, 0.2) is 17.0 Å². The Labute approximate surface area is 122 Å². The lowest BCUT2D eigenvalue weighted by molar-refractivity contribution is -0.385. The van der Waals surface area contributed by atoms with E-state index in [2.05, 4.69) is 0 Å². The van der Waals surface area contributed by atoms with Crippen molar-refractivity contribution in [2.75, 3.05) is 12.3 Å². The topological polar surface area (TPSA) is 107 Å². The number of nitro groups is 1. The van der Waals surface area contributed by atoms with Gasteiger partial charge >= 0.3 is 0 Å². The zero-order valence-electron chi connectivity index (χ0n) is 12.0. The summed E-state index contributed by atoms with van der Waals surface area (Å²) in [5.41, 5.74) is 4.47. The molecule has 21 heavy (non-hydrogen) atoms. The molecule has 0 aliphatic heterocycles. The van der Waals surface area contributed by atoms with Crippen LogP contribution in [0.25, 0.3) is 0 Å². The Morgan fingerprint density at radius 3 is 2.38 bits per heavy atom. The first kappa shape index (κ1) is 17.3. The predicted molar refractivity (Wildman–Crippen MR) is 76.8 cm³/mol. The molecule has 0 amide bonds. The van der Waals surface area contributed by atoms with Crippen LogP contribution in [0.4, 0.5) is 15.8 Å². The molecule has 0 unspecified atom stereocenters. The van der Waals surface area contributed by atoms with Crippen molar-refractivity contribution < 1.29 is 17.7 Å². The zero-order chi connectivity index (χ0) is 16.4. The number of nitrogens with zero attached hydrogens (tertiary/aromatic N) is 2. The minimum Gasteiger partial charge on any atom is -0.397 e. The van der Waals surface area contributed by atoms with Gasteiger partial charge in [-0.25, -0.2) is 12.8 Å². The van der Waals surface area contributed by atoms with E-state index in [0.29, 0.717) is 12.5 Å². The second-order valence-electron chi connectivity index (χ2n) is 4.81. The summed E-state index contributed by atoms with van der Waals surface area (Å²) in [5, 5.41) is 10.6. The number of non-ortho nitro benzene ring substituents is 1. The largest absolute Gasteiger partial charge is 0.397 e. The molecule has 0 atom stereocenters. The molecule has 9 heteroatoms. The van der Waals surface area contributed by atoms with E-state index < -0.39 is 37.0 Å². The molecule has 0 fully saturated rings. The van der Waals surface area contributed by atoms with E-state index in [0.717, 1.165) is 10.4 Å². The second-order valence-corrected chi connectivity index (χ2v) is 6.64. The summed E-state index contributed by atoms with van der Waals surface area (Å²) in [4.78, 5) is 9.09. The number of benzene rings is 1. The van der Waals surface area contributed by atoms with Crippen LogP contribution in [-0.4, -0.2) is 30.2 Å². The van der Waals surface area contributed by atoms with E-state index in [-0.39, 0.29) is 12.6 Å². The Morgan fingerprint density at radius 1 is 1.43 bits per heavy atom. The molecule has 1 rings (SSSR count). The van der Waals surface area contributed by atoms with Crippen LogP contribution in [0.1, 0.15) is 27.2 Å². The molecule has 1 aromatic carbocycles. The summed E-state index contributed by atoms with van der Waals surface area (Å²) in [6.07, 6.45) is 0.548. The first-order valence-corrected chi connectivity index (χ1v) is 7.82. The molecule has 0 saturated carbocycles. The Morgan fingerprint density at radius 2 is 2.00 bits per heavy atom. The maximum absolute atomic E-state index is 14.0. The van der Waals surface area contributed by atoms with E-state index >= 15 is 0 Å². The average Bonchev–Trinajstić information content (AvgIpc) is 2.33. The molecule has 0 heterocycles. The fraction of sp³-hybridized carbons (Fsp3) is 0.500. The van der Waals surface area contributed by atoms with Crippen molar-refractivity contribution in [3.05, 3.63) is 28.1 Å². The molecule has 0 bridgehead atoms. The molecule has 7 nitrogen and oxygen atoms in total. The van der Waals surface area contributed by atoms with Crippen molar-refractivity contribution in [1.29, 1.82) is 0 Å². The van der Waals surface area contributed by atoms with Gasteiger partial charge < -0.3 is 5.73 Å². The van der Waals surface area contributed by atoms with Crippen molar-refractivity contribution in [2.45, 2.75) is 38.1 Å². The summed E-state index contributed by atoms with van der Waals surface area (Å²) in [7, 11) is -4.16. The minimum absolute atomic E-state index is 0.204. The van der Waals surface area contributed by atoms with Gasteiger partial charge in [0, 0.05) is 18.7 Å². The van der Waals surface area contributed by atoms with E-state index in [1.807, 2.05) is 0 Å². The summed E-state index contributed by atoms with van der Waals surface area (Å²) in [5.74, 6) is -1.22. The number of nitrogens with two attached hydrogens (primary N) is 1. The van der Waals surface area contributed by atoms with Gasteiger partial charge in [0.1, 0.15) is 4.90 Å². The maximum atomic E-state index is 14.0. The average molecular weight is 319 g/mol. The molecule has 2 N–H and O–H groups in total. The van der Waals surface area contributed by atoms with E-state index in [9.17, 15) is 22.9 Å². The Balaban J connectivity index is 3.48. The minimum atomic E-state index is -4.16. The van der Waals surface area contributed by atoms with Crippen molar-refractivity contribution in [1.82, 2.24) is 4.31 Å². The zero-order valence-corrected chi connectivity index (χ0v) is 12.9. The number of halogens is 1. The highest BCUT2D eigenvalue weighted by Crippen LogP contribution is 2.30. The Hall–Kier alpha value is -1.74. The number of nitro benzene ring substituents is 1. The highest BCUT2D eigenvalue weighted by atomic mass is 32.2. The summed E-state index contributed by atoms with van der Waals surface area (Å²) in [6, 6.07) is 1.03. The molecule has 0 aliphatic rings. The van der Waals surface area contributed by atoms with E-state index in [4.69, 9.17) is 5.73 Å². The van der Waals surface area contributed by atoms with Gasteiger partial charge in [-0.2, -0.15) is 4.31 Å². The molecule has 0 aliphatic carbocycles. The van der Waals surface area contributed by atoms with Crippen LogP contribution in [0.5, 0.6) is 0 Å². The number of anilines is 1. The number of hydrogen-bond donors (Lipinski definition) is 1. The van der Waals surface area contributed by atoms with Gasteiger partial charge in [0.25, 0.3) is 5.69 Å². The first-order chi connectivity index (χ1) is 9.62. The monoisotopic (exact) mass is 319 g/mol. The number of hydrogen-bond acceptors (Lipinski definition) is 5. The third-order valence-electron chi connectivity index (χ3n) is 2.85. The fourth-order valence-corrected chi connectivity index (χ4v) is 3.85. The number of nitrogen functional groups attached to an aromatic ring is 1. The van der Waals surface area contributed by atoms with Gasteiger partial charge in [0.15, 0.2) is 5.82 Å². The molecule has 0 aromatic heterocycles. The van der Waals surface area contributed by atoms with Crippen molar-refractivity contribution in [3.8, 4) is 0 Å². The highest BCUT2D eigenvalue weighted by molar-refractivity contribution is 7.89. The van der Waals surface area contributed by atoms with Gasteiger partial charge in [-0.15, -0.1) is 0 Å². The fourth-order valence-electron chi connectivity index (χ4n) is 1.97. The van der Waals surface area contributed by atoms with Gasteiger partial charge in [0.2, 0.25) is 10.0 Å². The number of sulfonamides is 1. The molecule has 0 radical (unpaired) electrons.